The molecule has 0 aromatic carbocycles. The number of carbonyl (C=O) groups excluding carboxylic acids is 2. The van der Waals surface area contributed by atoms with Crippen LogP contribution < -0.4 is 5.32 Å². The van der Waals surface area contributed by atoms with Gasteiger partial charge in [-0.15, -0.1) is 11.8 Å². The number of nitrogens with one attached hydrogen (secondary N) is 1. The Bertz CT molecular complexity index is 340. The number of hydrogen-bond donors (Lipinski definition) is 1. The van der Waals surface area contributed by atoms with Crippen molar-refractivity contribution in [3.05, 3.63) is 0 Å². The number of carbonyl (C=O) groups is 2. The highest BCUT2D eigenvalue weighted by molar-refractivity contribution is 7.99. The van der Waals surface area contributed by atoms with Crippen molar-refractivity contribution in [2.75, 3.05) is 31.8 Å². The van der Waals surface area contributed by atoms with Gasteiger partial charge in [0.1, 0.15) is 5.54 Å². The summed E-state index contributed by atoms with van der Waals surface area (Å²) in [5.74, 6) is 1.69. The fourth-order valence-electron chi connectivity index (χ4n) is 2.34. The highest BCUT2D eigenvalue weighted by atomic mass is 32.2. The zero-order valence-electron chi connectivity index (χ0n) is 10.5. The van der Waals surface area contributed by atoms with Crippen LogP contribution in [0.4, 0.5) is 0 Å². The Balaban J connectivity index is 2.14. The zero-order valence-corrected chi connectivity index (χ0v) is 11.3. The Morgan fingerprint density at radius 3 is 2.76 bits per heavy atom. The van der Waals surface area contributed by atoms with Crippen LogP contribution in [0.3, 0.4) is 0 Å². The number of rotatable bonds is 1. The number of likely N-dealkylation sites (N-methyl/N-ethyl adjacent to an activating group) is 1. The van der Waals surface area contributed by atoms with Crippen LogP contribution in [0.5, 0.6) is 0 Å². The van der Waals surface area contributed by atoms with Gasteiger partial charge < -0.3 is 9.80 Å². The van der Waals surface area contributed by atoms with Crippen LogP contribution >= 0.6 is 11.8 Å². The van der Waals surface area contributed by atoms with Gasteiger partial charge in [0.05, 0.1) is 6.04 Å². The van der Waals surface area contributed by atoms with E-state index in [-0.39, 0.29) is 17.9 Å². The normalized spacial score (nSPS) is 28.6. The molecule has 0 aliphatic carbocycles. The fraction of sp³-hybridized carbons (Fsp3) is 0.818. The number of thioether (sulfide) groups is 1. The van der Waals surface area contributed by atoms with Crippen molar-refractivity contribution < 1.29 is 9.59 Å². The van der Waals surface area contributed by atoms with Crippen molar-refractivity contribution in [3.8, 4) is 0 Å². The van der Waals surface area contributed by atoms with Gasteiger partial charge in [-0.25, -0.2) is 0 Å². The largest absolute Gasteiger partial charge is 0.342 e. The first kappa shape index (κ1) is 12.7. The first-order valence-electron chi connectivity index (χ1n) is 5.83. The molecule has 2 fully saturated rings. The van der Waals surface area contributed by atoms with E-state index in [4.69, 9.17) is 0 Å². The first-order valence-corrected chi connectivity index (χ1v) is 6.98. The molecule has 2 aliphatic heterocycles. The molecule has 6 heteroatoms. The molecular formula is C11H19N3O2S. The van der Waals surface area contributed by atoms with Crippen molar-refractivity contribution in [3.63, 3.8) is 0 Å². The average Bonchev–Trinajstić information content (AvgIpc) is 2.79. The predicted octanol–water partition coefficient (Wildman–Crippen LogP) is -0.272. The first-order chi connectivity index (χ1) is 7.94. The average molecular weight is 257 g/mol. The molecule has 0 aromatic heterocycles. The Morgan fingerprint density at radius 1 is 1.47 bits per heavy atom. The van der Waals surface area contributed by atoms with Crippen LogP contribution in [0, 0.1) is 0 Å². The van der Waals surface area contributed by atoms with Crippen LogP contribution in [0.25, 0.3) is 0 Å². The van der Waals surface area contributed by atoms with Crippen LogP contribution in [0.2, 0.25) is 0 Å². The van der Waals surface area contributed by atoms with Crippen molar-refractivity contribution >= 4 is 23.6 Å². The number of amides is 2. The van der Waals surface area contributed by atoms with Gasteiger partial charge in [-0.3, -0.25) is 14.9 Å². The molecule has 2 heterocycles. The van der Waals surface area contributed by atoms with Crippen molar-refractivity contribution in [1.82, 2.24) is 15.1 Å². The Hall–Kier alpha value is -0.750. The third-order valence-electron chi connectivity index (χ3n) is 3.48. The molecule has 2 amide bonds. The van der Waals surface area contributed by atoms with E-state index in [9.17, 15) is 9.59 Å². The SMILES string of the molecule is CN1CCN(C(=O)C2CSCN2)C(C)(C)C1=O. The van der Waals surface area contributed by atoms with Crippen LogP contribution in [-0.4, -0.2) is 65.0 Å². The second-order valence-electron chi connectivity index (χ2n) is 5.05. The summed E-state index contributed by atoms with van der Waals surface area (Å²) >= 11 is 1.72. The van der Waals surface area contributed by atoms with Gasteiger partial charge in [0.2, 0.25) is 11.8 Å². The lowest BCUT2D eigenvalue weighted by molar-refractivity contribution is -0.158. The molecule has 1 N–H and O–H groups in total. The maximum Gasteiger partial charge on any atom is 0.247 e. The van der Waals surface area contributed by atoms with E-state index in [1.807, 2.05) is 13.8 Å². The second kappa shape index (κ2) is 4.49. The van der Waals surface area contributed by atoms with Crippen LogP contribution in [0.15, 0.2) is 0 Å². The molecule has 0 saturated carbocycles. The molecule has 17 heavy (non-hydrogen) atoms. The number of hydrogen-bond acceptors (Lipinski definition) is 4. The Labute approximate surface area is 106 Å². The molecule has 0 bridgehead atoms. The number of piperazine rings is 1. The van der Waals surface area contributed by atoms with Gasteiger partial charge >= 0.3 is 0 Å². The van der Waals surface area contributed by atoms with Crippen molar-refractivity contribution in [2.24, 2.45) is 0 Å². The molecule has 0 aromatic rings. The monoisotopic (exact) mass is 257 g/mol. The summed E-state index contributed by atoms with van der Waals surface area (Å²) < 4.78 is 0. The van der Waals surface area contributed by atoms with E-state index in [1.54, 1.807) is 28.6 Å². The molecule has 2 aliphatic rings. The summed E-state index contributed by atoms with van der Waals surface area (Å²) in [5, 5.41) is 3.16. The van der Waals surface area contributed by atoms with E-state index in [1.165, 1.54) is 0 Å². The lowest BCUT2D eigenvalue weighted by Gasteiger charge is -2.45. The van der Waals surface area contributed by atoms with Gasteiger partial charge in [-0.2, -0.15) is 0 Å². The summed E-state index contributed by atoms with van der Waals surface area (Å²) in [4.78, 5) is 27.8. The summed E-state index contributed by atoms with van der Waals surface area (Å²) in [6.07, 6.45) is 0. The number of nitrogens with zero attached hydrogens (tertiary/aromatic N) is 2. The predicted molar refractivity (Wildman–Crippen MR) is 67.7 cm³/mol. The summed E-state index contributed by atoms with van der Waals surface area (Å²) in [7, 11) is 1.79. The fourth-order valence-corrected chi connectivity index (χ4v) is 3.27. The summed E-state index contributed by atoms with van der Waals surface area (Å²) in [6, 6.07) is -0.129. The van der Waals surface area contributed by atoms with Gasteiger partial charge in [0.25, 0.3) is 0 Å². The van der Waals surface area contributed by atoms with Gasteiger partial charge in [-0.1, -0.05) is 0 Å². The Morgan fingerprint density at radius 2 is 2.18 bits per heavy atom. The van der Waals surface area contributed by atoms with E-state index in [0.717, 1.165) is 11.6 Å². The molecule has 96 valence electrons. The Kier molecular flexibility index (Phi) is 3.36. The standard InChI is InChI=1S/C11H19N3O2S/c1-11(2)10(16)13(3)4-5-14(11)9(15)8-6-17-7-12-8/h8,12H,4-7H2,1-3H3. The van der Waals surface area contributed by atoms with Crippen LogP contribution in [0.1, 0.15) is 13.8 Å². The minimum Gasteiger partial charge on any atom is -0.342 e. The van der Waals surface area contributed by atoms with E-state index < -0.39 is 5.54 Å². The van der Waals surface area contributed by atoms with Crippen molar-refractivity contribution in [1.29, 1.82) is 0 Å². The molecule has 5 nitrogen and oxygen atoms in total. The molecule has 0 radical (unpaired) electrons. The minimum atomic E-state index is -0.723. The third-order valence-corrected chi connectivity index (χ3v) is 4.42. The lowest BCUT2D eigenvalue weighted by Crippen LogP contribution is -2.66. The maximum atomic E-state index is 12.3. The lowest BCUT2D eigenvalue weighted by atomic mass is 9.97. The molecule has 1 atom stereocenters. The van der Waals surface area contributed by atoms with Gasteiger partial charge in [0.15, 0.2) is 0 Å². The summed E-state index contributed by atoms with van der Waals surface area (Å²) in [5.41, 5.74) is -0.723. The molecule has 0 spiro atoms. The smallest absolute Gasteiger partial charge is 0.247 e. The molecule has 2 saturated heterocycles. The van der Waals surface area contributed by atoms with Gasteiger partial charge in [0, 0.05) is 31.8 Å². The maximum absolute atomic E-state index is 12.3. The van der Waals surface area contributed by atoms with E-state index >= 15 is 0 Å². The zero-order chi connectivity index (χ0) is 12.6. The second-order valence-corrected chi connectivity index (χ2v) is 6.08. The summed E-state index contributed by atoms with van der Waals surface area (Å²) in [6.45, 7) is 4.89. The van der Waals surface area contributed by atoms with E-state index in [0.29, 0.717) is 13.1 Å². The third kappa shape index (κ3) is 2.15. The molecule has 2 rings (SSSR count). The molecular weight excluding hydrogens is 238 g/mol. The quantitative estimate of drug-likeness (QED) is 0.702. The van der Waals surface area contributed by atoms with Crippen LogP contribution in [-0.2, 0) is 9.59 Å². The topological polar surface area (TPSA) is 52.6 Å². The van der Waals surface area contributed by atoms with Gasteiger partial charge in [-0.05, 0) is 13.8 Å². The van der Waals surface area contributed by atoms with Crippen molar-refractivity contribution in [2.45, 2.75) is 25.4 Å². The minimum absolute atomic E-state index is 0.0164. The highest BCUT2D eigenvalue weighted by Crippen LogP contribution is 2.24. The highest BCUT2D eigenvalue weighted by Gasteiger charge is 2.44. The van der Waals surface area contributed by atoms with E-state index in [2.05, 4.69) is 5.32 Å². The molecule has 1 unspecified atom stereocenters.